The van der Waals surface area contributed by atoms with E-state index in [0.29, 0.717) is 18.1 Å². The van der Waals surface area contributed by atoms with Crippen molar-refractivity contribution in [1.82, 2.24) is 0 Å². The van der Waals surface area contributed by atoms with Gasteiger partial charge < -0.3 is 9.47 Å². The van der Waals surface area contributed by atoms with Crippen LogP contribution in [-0.2, 0) is 14.3 Å². The first-order valence-electron chi connectivity index (χ1n) is 4.54. The van der Waals surface area contributed by atoms with Crippen molar-refractivity contribution in [1.29, 1.82) is 0 Å². The first kappa shape index (κ1) is 8.91. The van der Waals surface area contributed by atoms with Crippen molar-refractivity contribution >= 4 is 5.78 Å². The Bertz CT molecular complexity index is 243. The van der Waals surface area contributed by atoms with E-state index in [-0.39, 0.29) is 18.1 Å². The number of ether oxygens (including phenoxy) is 2. The smallest absolute Gasteiger partial charge is 0.161 e. The third-order valence-corrected chi connectivity index (χ3v) is 3.06. The quantitative estimate of drug-likeness (QED) is 0.482. The molecule has 0 radical (unpaired) electrons. The number of Topliss-reactive ketones (excluding diaryl/α,β-unsaturated/α-hetero) is 1. The van der Waals surface area contributed by atoms with Crippen LogP contribution in [0.1, 0.15) is 6.42 Å². The van der Waals surface area contributed by atoms with E-state index in [0.717, 1.165) is 0 Å². The van der Waals surface area contributed by atoms with E-state index in [1.54, 1.807) is 14.2 Å². The predicted molar refractivity (Wildman–Crippen MR) is 47.0 cm³/mol. The summed E-state index contributed by atoms with van der Waals surface area (Å²) in [5, 5.41) is 0. The van der Waals surface area contributed by atoms with Crippen LogP contribution >= 0.6 is 0 Å². The molecule has 0 spiro atoms. The summed E-state index contributed by atoms with van der Waals surface area (Å²) in [4.78, 5) is 11.4. The first-order chi connectivity index (χ1) is 6.27. The highest BCUT2D eigenvalue weighted by Crippen LogP contribution is 2.44. The molecular formula is C10H14O3. The van der Waals surface area contributed by atoms with E-state index in [1.807, 2.05) is 6.08 Å². The zero-order valence-electron chi connectivity index (χ0n) is 7.90. The molecule has 0 unspecified atom stereocenters. The number of methoxy groups -OCH3 is 2. The van der Waals surface area contributed by atoms with Crippen molar-refractivity contribution in [3.05, 3.63) is 12.2 Å². The maximum Gasteiger partial charge on any atom is 0.161 e. The summed E-state index contributed by atoms with van der Waals surface area (Å²) < 4.78 is 10.4. The molecule has 2 aliphatic carbocycles. The molecule has 0 aliphatic heterocycles. The first-order valence-corrected chi connectivity index (χ1v) is 4.54. The Morgan fingerprint density at radius 2 is 2.08 bits per heavy atom. The van der Waals surface area contributed by atoms with Gasteiger partial charge in [0.2, 0.25) is 0 Å². The lowest BCUT2D eigenvalue weighted by molar-refractivity contribution is -0.148. The molecule has 3 atom stereocenters. The largest absolute Gasteiger partial charge is 0.356 e. The summed E-state index contributed by atoms with van der Waals surface area (Å²) >= 11 is 0. The predicted octanol–water partition coefficient (Wildman–Crippen LogP) is 0.997. The van der Waals surface area contributed by atoms with Crippen molar-refractivity contribution < 1.29 is 14.3 Å². The number of allylic oxidation sites excluding steroid dienone is 2. The van der Waals surface area contributed by atoms with E-state index in [4.69, 9.17) is 9.47 Å². The minimum atomic E-state index is -0.239. The Balaban J connectivity index is 2.15. The fraction of sp³-hybridized carbons (Fsp3) is 0.700. The van der Waals surface area contributed by atoms with Crippen LogP contribution in [0, 0.1) is 17.8 Å². The fourth-order valence-electron chi connectivity index (χ4n) is 2.46. The summed E-state index contributed by atoms with van der Waals surface area (Å²) in [5.74, 6) is 0.913. The summed E-state index contributed by atoms with van der Waals surface area (Å²) in [7, 11) is 3.24. The van der Waals surface area contributed by atoms with Gasteiger partial charge in [-0.3, -0.25) is 4.79 Å². The Labute approximate surface area is 77.7 Å². The molecule has 0 aromatic carbocycles. The minimum Gasteiger partial charge on any atom is -0.356 e. The molecule has 0 amide bonds. The van der Waals surface area contributed by atoms with Crippen LogP contribution in [0.3, 0.4) is 0 Å². The van der Waals surface area contributed by atoms with E-state index in [1.165, 1.54) is 0 Å². The Morgan fingerprint density at radius 1 is 1.38 bits per heavy atom. The lowest BCUT2D eigenvalue weighted by Gasteiger charge is -2.23. The molecule has 2 bridgehead atoms. The van der Waals surface area contributed by atoms with Crippen molar-refractivity contribution in [2.75, 3.05) is 14.2 Å². The molecule has 0 heterocycles. The van der Waals surface area contributed by atoms with Crippen LogP contribution in [-0.4, -0.2) is 26.3 Å². The second-order valence-corrected chi connectivity index (χ2v) is 3.66. The highest BCUT2D eigenvalue weighted by Gasteiger charge is 2.48. The highest BCUT2D eigenvalue weighted by molar-refractivity contribution is 5.87. The lowest BCUT2D eigenvalue weighted by Crippen LogP contribution is -2.29. The van der Waals surface area contributed by atoms with Gasteiger partial charge in [-0.15, -0.1) is 0 Å². The van der Waals surface area contributed by atoms with Crippen molar-refractivity contribution in [3.8, 4) is 0 Å². The van der Waals surface area contributed by atoms with Gasteiger partial charge in [-0.2, -0.15) is 0 Å². The summed E-state index contributed by atoms with van der Waals surface area (Å²) in [6.07, 6.45) is 4.53. The number of hydrogen-bond acceptors (Lipinski definition) is 3. The normalized spacial score (nSPS) is 36.5. The molecule has 3 nitrogen and oxygen atoms in total. The standard InChI is InChI=1S/C10H14O3/c1-12-10(13-2)9-6-3-4-7(9)8(11)5-6/h3-4,6-7,9-10H,5H2,1-2H3/t6-,7+,9-/m1/s1. The highest BCUT2D eigenvalue weighted by atomic mass is 16.7. The number of rotatable bonds is 3. The second kappa shape index (κ2) is 3.24. The van der Waals surface area contributed by atoms with E-state index in [9.17, 15) is 4.79 Å². The zero-order chi connectivity index (χ0) is 9.42. The number of carbonyl (C=O) groups is 1. The molecular weight excluding hydrogens is 168 g/mol. The number of fused-ring (bicyclic) bond motifs is 2. The Kier molecular flexibility index (Phi) is 2.22. The third-order valence-electron chi connectivity index (χ3n) is 3.06. The lowest BCUT2D eigenvalue weighted by atomic mass is 9.96. The molecule has 3 heteroatoms. The van der Waals surface area contributed by atoms with E-state index < -0.39 is 0 Å². The van der Waals surface area contributed by atoms with Crippen molar-refractivity contribution in [2.24, 2.45) is 17.8 Å². The average Bonchev–Trinajstić information content (AvgIpc) is 2.64. The molecule has 13 heavy (non-hydrogen) atoms. The van der Waals surface area contributed by atoms with Gasteiger partial charge in [0.05, 0.1) is 0 Å². The van der Waals surface area contributed by atoms with Gasteiger partial charge >= 0.3 is 0 Å². The molecule has 2 rings (SSSR count). The monoisotopic (exact) mass is 182 g/mol. The average molecular weight is 182 g/mol. The molecule has 72 valence electrons. The van der Waals surface area contributed by atoms with Gasteiger partial charge in [-0.05, 0) is 5.92 Å². The summed E-state index contributed by atoms with van der Waals surface area (Å²) in [6, 6.07) is 0. The molecule has 0 N–H and O–H groups in total. The van der Waals surface area contributed by atoms with Gasteiger partial charge in [0, 0.05) is 32.5 Å². The van der Waals surface area contributed by atoms with Crippen LogP contribution < -0.4 is 0 Å². The van der Waals surface area contributed by atoms with Crippen LogP contribution in [0.25, 0.3) is 0 Å². The van der Waals surface area contributed by atoms with Crippen LogP contribution in [0.15, 0.2) is 12.2 Å². The topological polar surface area (TPSA) is 35.5 Å². The number of hydrogen-bond donors (Lipinski definition) is 0. The van der Waals surface area contributed by atoms with Gasteiger partial charge in [-0.25, -0.2) is 0 Å². The molecule has 0 aromatic rings. The molecule has 0 saturated heterocycles. The van der Waals surface area contributed by atoms with Gasteiger partial charge in [0.25, 0.3) is 0 Å². The van der Waals surface area contributed by atoms with Crippen LogP contribution in [0.4, 0.5) is 0 Å². The van der Waals surface area contributed by atoms with E-state index in [2.05, 4.69) is 6.08 Å². The summed E-state index contributed by atoms with van der Waals surface area (Å²) in [6.45, 7) is 0. The van der Waals surface area contributed by atoms with Crippen LogP contribution in [0.5, 0.6) is 0 Å². The molecule has 1 saturated carbocycles. The van der Waals surface area contributed by atoms with Crippen molar-refractivity contribution in [3.63, 3.8) is 0 Å². The van der Waals surface area contributed by atoms with Crippen LogP contribution in [0.2, 0.25) is 0 Å². The van der Waals surface area contributed by atoms with Gasteiger partial charge in [-0.1, -0.05) is 12.2 Å². The van der Waals surface area contributed by atoms with E-state index >= 15 is 0 Å². The zero-order valence-corrected chi connectivity index (χ0v) is 7.90. The summed E-state index contributed by atoms with van der Waals surface area (Å²) in [5.41, 5.74) is 0. The molecule has 0 aromatic heterocycles. The van der Waals surface area contributed by atoms with Crippen molar-refractivity contribution in [2.45, 2.75) is 12.7 Å². The SMILES string of the molecule is COC(OC)[C@@H]1[C@@H]2C=C[C@H]1C(=O)C2. The maximum absolute atomic E-state index is 11.4. The van der Waals surface area contributed by atoms with Gasteiger partial charge in [0.1, 0.15) is 5.78 Å². The number of ketones is 1. The molecule has 1 fully saturated rings. The Morgan fingerprint density at radius 3 is 2.46 bits per heavy atom. The number of carbonyl (C=O) groups excluding carboxylic acids is 1. The van der Waals surface area contributed by atoms with Gasteiger partial charge in [0.15, 0.2) is 6.29 Å². The fourth-order valence-corrected chi connectivity index (χ4v) is 2.46. The molecule has 2 aliphatic rings. The second-order valence-electron chi connectivity index (χ2n) is 3.66. The minimum absolute atomic E-state index is 0.0369. The maximum atomic E-state index is 11.4. The third kappa shape index (κ3) is 1.23. The Hall–Kier alpha value is -0.670.